The van der Waals surface area contributed by atoms with Crippen LogP contribution in [0.2, 0.25) is 0 Å². The number of rotatable bonds is 7. The van der Waals surface area contributed by atoms with Gasteiger partial charge in [0.25, 0.3) is 11.6 Å². The lowest BCUT2D eigenvalue weighted by Gasteiger charge is -2.11. The zero-order valence-corrected chi connectivity index (χ0v) is 15.3. The van der Waals surface area contributed by atoms with Gasteiger partial charge in [-0.1, -0.05) is 24.3 Å². The topological polar surface area (TPSA) is 118 Å². The number of nitro groups is 1. The predicted octanol–water partition coefficient (Wildman–Crippen LogP) is 2.05. The summed E-state index contributed by atoms with van der Waals surface area (Å²) in [5.41, 5.74) is 10.0. The van der Waals surface area contributed by atoms with Crippen LogP contribution in [-0.4, -0.2) is 29.7 Å². The fraction of sp³-hybridized carbons (Fsp3) is 0.263. The molecule has 146 valence electrons. The van der Waals surface area contributed by atoms with Crippen molar-refractivity contribution in [2.45, 2.75) is 25.4 Å². The molecule has 1 aliphatic heterocycles. The predicted molar refractivity (Wildman–Crippen MR) is 104 cm³/mol. The van der Waals surface area contributed by atoms with E-state index in [1.54, 1.807) is 12.1 Å². The summed E-state index contributed by atoms with van der Waals surface area (Å²) < 4.78 is 5.51. The molecule has 2 atom stereocenters. The smallest absolute Gasteiger partial charge is 0.270 e. The van der Waals surface area contributed by atoms with Gasteiger partial charge in [0.05, 0.1) is 17.7 Å². The first kappa shape index (κ1) is 19.5. The van der Waals surface area contributed by atoms with Gasteiger partial charge in [0, 0.05) is 23.7 Å². The third kappa shape index (κ3) is 4.90. The van der Waals surface area contributed by atoms with Crippen molar-refractivity contribution in [2.75, 3.05) is 6.61 Å². The van der Waals surface area contributed by atoms with Gasteiger partial charge >= 0.3 is 0 Å². The highest BCUT2D eigenvalue weighted by Crippen LogP contribution is 2.25. The van der Waals surface area contributed by atoms with E-state index in [0.29, 0.717) is 18.6 Å². The molecule has 1 heterocycles. The molecule has 2 aromatic carbocycles. The number of carbonyl (C=O) groups excluding carboxylic acids is 1. The number of hydrogen-bond acceptors (Lipinski definition) is 7. The Balaban J connectivity index is 1.55. The number of carbonyl (C=O) groups is 1. The molecule has 1 amide bonds. The van der Waals surface area contributed by atoms with E-state index in [0.717, 1.165) is 11.3 Å². The molecule has 0 radical (unpaired) electrons. The Morgan fingerprint density at radius 1 is 1.32 bits per heavy atom. The van der Waals surface area contributed by atoms with Gasteiger partial charge in [0.1, 0.15) is 11.8 Å². The monoisotopic (exact) mass is 383 g/mol. The van der Waals surface area contributed by atoms with Crippen LogP contribution in [0.3, 0.4) is 0 Å². The average Bonchev–Trinajstić information content (AvgIpc) is 3.19. The number of nitro benzene ring substituents is 1. The zero-order valence-electron chi connectivity index (χ0n) is 15.3. The molecule has 0 saturated carbocycles. The lowest BCUT2D eigenvalue weighted by molar-refractivity contribution is -0.384. The van der Waals surface area contributed by atoms with E-state index in [4.69, 9.17) is 4.74 Å². The molecular formula is C19H21N5O4. The van der Waals surface area contributed by atoms with Crippen molar-refractivity contribution in [3.63, 3.8) is 0 Å². The second kappa shape index (κ2) is 9.07. The van der Waals surface area contributed by atoms with Crippen LogP contribution in [0.5, 0.6) is 5.75 Å². The number of nitrogens with one attached hydrogen (secondary N) is 3. The molecule has 9 nitrogen and oxygen atoms in total. The van der Waals surface area contributed by atoms with E-state index in [2.05, 4.69) is 21.4 Å². The van der Waals surface area contributed by atoms with Gasteiger partial charge in [0.2, 0.25) is 0 Å². The summed E-state index contributed by atoms with van der Waals surface area (Å²) >= 11 is 0. The summed E-state index contributed by atoms with van der Waals surface area (Å²) in [7, 11) is 0. The number of non-ortho nitro benzene ring substituents is 1. The van der Waals surface area contributed by atoms with Crippen LogP contribution < -0.4 is 21.0 Å². The summed E-state index contributed by atoms with van der Waals surface area (Å²) in [5, 5.41) is 14.7. The fourth-order valence-corrected chi connectivity index (χ4v) is 2.90. The zero-order chi connectivity index (χ0) is 19.9. The van der Waals surface area contributed by atoms with Crippen molar-refractivity contribution in [3.05, 3.63) is 69.8 Å². The molecule has 2 unspecified atom stereocenters. The molecule has 0 aromatic heterocycles. The minimum atomic E-state index is -0.481. The van der Waals surface area contributed by atoms with Crippen LogP contribution >= 0.6 is 0 Å². The Bertz CT molecular complexity index is 886. The Morgan fingerprint density at radius 3 is 2.93 bits per heavy atom. The third-order valence-electron chi connectivity index (χ3n) is 4.26. The summed E-state index contributed by atoms with van der Waals surface area (Å²) in [4.78, 5) is 22.6. The van der Waals surface area contributed by atoms with Crippen LogP contribution in [0, 0.1) is 10.1 Å². The van der Waals surface area contributed by atoms with E-state index in [-0.39, 0.29) is 17.6 Å². The van der Waals surface area contributed by atoms with Gasteiger partial charge in [0.15, 0.2) is 0 Å². The second-order valence-electron chi connectivity index (χ2n) is 6.22. The number of ether oxygens (including phenoxy) is 1. The SMILES string of the molecule is CCOc1cccc(C2CC(C(=O)N/N=C/c3cccc([N+](=O)[O-])c3)NN2)c1. The molecule has 1 aliphatic rings. The first-order valence-corrected chi connectivity index (χ1v) is 8.88. The summed E-state index contributed by atoms with van der Waals surface area (Å²) in [6, 6.07) is 13.2. The molecule has 0 spiro atoms. The van der Waals surface area contributed by atoms with E-state index in [1.165, 1.54) is 18.3 Å². The lowest BCUT2D eigenvalue weighted by Crippen LogP contribution is -2.41. The molecule has 1 fully saturated rings. The standard InChI is InChI=1S/C19H21N5O4/c1-2-28-16-8-4-6-14(10-16)17-11-18(22-21-17)19(25)23-20-12-13-5-3-7-15(9-13)24(26)27/h3-10,12,17-18,21-22H,2,11H2,1H3,(H,23,25)/b20-12+. The maximum absolute atomic E-state index is 12.3. The summed E-state index contributed by atoms with van der Waals surface area (Å²) in [6.45, 7) is 2.52. The fourth-order valence-electron chi connectivity index (χ4n) is 2.90. The first-order valence-electron chi connectivity index (χ1n) is 8.88. The maximum Gasteiger partial charge on any atom is 0.270 e. The molecule has 2 aromatic rings. The van der Waals surface area contributed by atoms with Gasteiger partial charge in [-0.2, -0.15) is 5.10 Å². The minimum absolute atomic E-state index is 0.0306. The highest BCUT2D eigenvalue weighted by atomic mass is 16.6. The van der Waals surface area contributed by atoms with Crippen LogP contribution in [0.4, 0.5) is 5.69 Å². The van der Waals surface area contributed by atoms with Crippen molar-refractivity contribution < 1.29 is 14.5 Å². The number of nitrogens with zero attached hydrogens (tertiary/aromatic N) is 2. The number of hydrazine groups is 1. The molecular weight excluding hydrogens is 362 g/mol. The third-order valence-corrected chi connectivity index (χ3v) is 4.26. The molecule has 9 heteroatoms. The van der Waals surface area contributed by atoms with Crippen LogP contribution in [0.1, 0.15) is 30.5 Å². The van der Waals surface area contributed by atoms with Gasteiger partial charge in [-0.05, 0) is 31.0 Å². The summed E-state index contributed by atoms with van der Waals surface area (Å²) in [6.07, 6.45) is 1.92. The number of hydrogen-bond donors (Lipinski definition) is 3. The van der Waals surface area contributed by atoms with Gasteiger partial charge in [-0.15, -0.1) is 0 Å². The molecule has 3 rings (SSSR count). The van der Waals surface area contributed by atoms with Crippen LogP contribution in [0.15, 0.2) is 53.6 Å². The quantitative estimate of drug-likeness (QED) is 0.383. The number of hydrazone groups is 1. The maximum atomic E-state index is 12.3. The van der Waals surface area contributed by atoms with Crippen molar-refractivity contribution in [2.24, 2.45) is 5.10 Å². The van der Waals surface area contributed by atoms with E-state index < -0.39 is 11.0 Å². The Labute approximate surface area is 161 Å². The highest BCUT2D eigenvalue weighted by molar-refractivity contribution is 5.85. The molecule has 1 saturated heterocycles. The van der Waals surface area contributed by atoms with E-state index in [9.17, 15) is 14.9 Å². The summed E-state index contributed by atoms with van der Waals surface area (Å²) in [5.74, 6) is 0.494. The minimum Gasteiger partial charge on any atom is -0.494 e. The highest BCUT2D eigenvalue weighted by Gasteiger charge is 2.30. The van der Waals surface area contributed by atoms with Crippen LogP contribution in [0.25, 0.3) is 0 Å². The largest absolute Gasteiger partial charge is 0.494 e. The molecule has 0 aliphatic carbocycles. The number of benzene rings is 2. The van der Waals surface area contributed by atoms with Gasteiger partial charge in [-0.3, -0.25) is 14.9 Å². The average molecular weight is 383 g/mol. The number of amides is 1. The van der Waals surface area contributed by atoms with E-state index >= 15 is 0 Å². The molecule has 0 bridgehead atoms. The normalized spacial score (nSPS) is 18.9. The first-order chi connectivity index (χ1) is 13.6. The lowest BCUT2D eigenvalue weighted by atomic mass is 10.0. The Kier molecular flexibility index (Phi) is 6.30. The van der Waals surface area contributed by atoms with Gasteiger partial charge in [-0.25, -0.2) is 16.3 Å². The van der Waals surface area contributed by atoms with Crippen molar-refractivity contribution >= 4 is 17.8 Å². The van der Waals surface area contributed by atoms with E-state index in [1.807, 2.05) is 31.2 Å². The van der Waals surface area contributed by atoms with Crippen molar-refractivity contribution in [1.82, 2.24) is 16.3 Å². The van der Waals surface area contributed by atoms with Crippen molar-refractivity contribution in [1.29, 1.82) is 0 Å². The Morgan fingerprint density at radius 2 is 2.14 bits per heavy atom. The molecule has 3 N–H and O–H groups in total. The van der Waals surface area contributed by atoms with Gasteiger partial charge < -0.3 is 4.74 Å². The van der Waals surface area contributed by atoms with Crippen LogP contribution in [-0.2, 0) is 4.79 Å². The molecule has 28 heavy (non-hydrogen) atoms. The van der Waals surface area contributed by atoms with Crippen molar-refractivity contribution in [3.8, 4) is 5.75 Å². The Hall–Kier alpha value is -3.30. The second-order valence-corrected chi connectivity index (χ2v) is 6.22.